The molecular weight excluding hydrogens is 414 g/mol. The summed E-state index contributed by atoms with van der Waals surface area (Å²) in [5.74, 6) is 3.75. The average molecular weight is 459 g/mol. The number of piperidine rings is 2. The molecule has 0 radical (unpaired) electrons. The molecule has 0 bridgehead atoms. The van der Waals surface area contributed by atoms with Crippen LogP contribution in [0.5, 0.6) is 0 Å². The zero-order chi connectivity index (χ0) is 18.9. The Hall–Kier alpha value is 1.73. The maximum atomic E-state index is 2.81. The summed E-state index contributed by atoms with van der Waals surface area (Å²) >= 11 is 0. The van der Waals surface area contributed by atoms with E-state index in [1.54, 1.807) is 0 Å². The van der Waals surface area contributed by atoms with Gasteiger partial charge in [0.05, 0.1) is 0 Å². The van der Waals surface area contributed by atoms with Crippen LogP contribution in [0.2, 0.25) is 0 Å². The van der Waals surface area contributed by atoms with Crippen molar-refractivity contribution in [3.8, 4) is 0 Å². The minimum absolute atomic E-state index is 0. The molecular formula is C25H45N2Rb. The van der Waals surface area contributed by atoms with E-state index in [0.29, 0.717) is 0 Å². The van der Waals surface area contributed by atoms with Crippen LogP contribution in [0.4, 0.5) is 0 Å². The maximum Gasteiger partial charge on any atom is 1.00 e. The summed E-state index contributed by atoms with van der Waals surface area (Å²) in [5.41, 5.74) is 1.47. The topological polar surface area (TPSA) is 6.48 Å². The molecule has 0 aromatic carbocycles. The second kappa shape index (κ2) is 10.6. The van der Waals surface area contributed by atoms with Crippen molar-refractivity contribution in [2.75, 3.05) is 39.3 Å². The van der Waals surface area contributed by atoms with Gasteiger partial charge in [0.15, 0.2) is 0 Å². The molecule has 2 saturated heterocycles. The SMILES string of the molecule is CCC1CCC2(CC1)CCN(C[C-]1CC3(CCN(CC(C)C)CC3)C1)CC2.[Rb+]. The number of rotatable bonds is 5. The van der Waals surface area contributed by atoms with Gasteiger partial charge in [-0.3, -0.25) is 5.92 Å². The monoisotopic (exact) mass is 458 g/mol. The molecule has 2 saturated carbocycles. The van der Waals surface area contributed by atoms with Gasteiger partial charge >= 0.3 is 58.2 Å². The second-order valence-corrected chi connectivity index (χ2v) is 11.4. The van der Waals surface area contributed by atoms with E-state index in [9.17, 15) is 0 Å². The molecule has 0 N–H and O–H groups in total. The van der Waals surface area contributed by atoms with Gasteiger partial charge in [-0.25, -0.2) is 0 Å². The van der Waals surface area contributed by atoms with Crippen molar-refractivity contribution >= 4 is 0 Å². The predicted molar refractivity (Wildman–Crippen MR) is 116 cm³/mol. The van der Waals surface area contributed by atoms with Gasteiger partial charge < -0.3 is 9.80 Å². The molecule has 0 aromatic heterocycles. The van der Waals surface area contributed by atoms with Crippen LogP contribution in [0.3, 0.4) is 0 Å². The van der Waals surface area contributed by atoms with E-state index < -0.39 is 0 Å². The molecule has 4 aliphatic rings. The summed E-state index contributed by atoms with van der Waals surface area (Å²) in [6, 6.07) is 0. The minimum atomic E-state index is 0. The quantitative estimate of drug-likeness (QED) is 0.584. The molecule has 0 amide bonds. The van der Waals surface area contributed by atoms with Crippen molar-refractivity contribution in [1.82, 2.24) is 9.80 Å². The fourth-order valence-electron chi connectivity index (χ4n) is 6.90. The van der Waals surface area contributed by atoms with Crippen LogP contribution < -0.4 is 58.2 Å². The van der Waals surface area contributed by atoms with Gasteiger partial charge in [-0.15, -0.1) is 6.54 Å². The van der Waals surface area contributed by atoms with E-state index >= 15 is 0 Å². The summed E-state index contributed by atoms with van der Waals surface area (Å²) in [6.07, 6.45) is 16.3. The van der Waals surface area contributed by atoms with Crippen LogP contribution in [0.25, 0.3) is 0 Å². The van der Waals surface area contributed by atoms with Gasteiger partial charge in [0, 0.05) is 6.54 Å². The molecule has 2 spiro atoms. The van der Waals surface area contributed by atoms with E-state index in [2.05, 4.69) is 30.6 Å². The third kappa shape index (κ3) is 5.94. The Morgan fingerprint density at radius 3 is 1.89 bits per heavy atom. The summed E-state index contributed by atoms with van der Waals surface area (Å²) in [4.78, 5) is 5.53. The van der Waals surface area contributed by atoms with E-state index in [1.165, 1.54) is 110 Å². The first-order valence-electron chi connectivity index (χ1n) is 12.3. The van der Waals surface area contributed by atoms with E-state index in [1.807, 2.05) is 5.92 Å². The molecule has 4 rings (SSSR count). The molecule has 2 aliphatic heterocycles. The Labute approximate surface area is 224 Å². The van der Waals surface area contributed by atoms with Crippen LogP contribution in [0.15, 0.2) is 0 Å². The Kier molecular flexibility index (Phi) is 9.19. The van der Waals surface area contributed by atoms with Gasteiger partial charge in [-0.2, -0.15) is 12.8 Å². The fourth-order valence-corrected chi connectivity index (χ4v) is 6.90. The van der Waals surface area contributed by atoms with Gasteiger partial charge in [0.2, 0.25) is 0 Å². The Morgan fingerprint density at radius 2 is 1.36 bits per heavy atom. The van der Waals surface area contributed by atoms with Crippen molar-refractivity contribution in [1.29, 1.82) is 0 Å². The number of nitrogens with zero attached hydrogens (tertiary/aromatic N) is 2. The first-order chi connectivity index (χ1) is 13.0. The Morgan fingerprint density at radius 1 is 0.821 bits per heavy atom. The summed E-state index contributed by atoms with van der Waals surface area (Å²) in [6.45, 7) is 15.2. The summed E-state index contributed by atoms with van der Waals surface area (Å²) < 4.78 is 0. The normalized spacial score (nSPS) is 29.1. The van der Waals surface area contributed by atoms with E-state index in [-0.39, 0.29) is 58.2 Å². The predicted octanol–water partition coefficient (Wildman–Crippen LogP) is 2.78. The van der Waals surface area contributed by atoms with Crippen molar-refractivity contribution in [2.24, 2.45) is 22.7 Å². The van der Waals surface area contributed by atoms with Gasteiger partial charge in [-0.1, -0.05) is 32.6 Å². The van der Waals surface area contributed by atoms with Crippen LogP contribution in [0, 0.1) is 28.6 Å². The number of hydrogen-bond acceptors (Lipinski definition) is 2. The van der Waals surface area contributed by atoms with Gasteiger partial charge in [0.1, 0.15) is 0 Å². The molecule has 0 unspecified atom stereocenters. The average Bonchev–Trinajstić information content (AvgIpc) is 2.64. The van der Waals surface area contributed by atoms with Gasteiger partial charge in [0.25, 0.3) is 0 Å². The van der Waals surface area contributed by atoms with Crippen molar-refractivity contribution in [3.05, 3.63) is 5.92 Å². The third-order valence-electron chi connectivity index (χ3n) is 8.90. The van der Waals surface area contributed by atoms with E-state index in [0.717, 1.165) is 22.7 Å². The minimum Gasteiger partial charge on any atom is -0.332 e. The first-order valence-corrected chi connectivity index (χ1v) is 12.3. The van der Waals surface area contributed by atoms with Gasteiger partial charge in [-0.05, 0) is 94.8 Å². The smallest absolute Gasteiger partial charge is 0.332 e. The van der Waals surface area contributed by atoms with E-state index in [4.69, 9.17) is 0 Å². The number of hydrogen-bond donors (Lipinski definition) is 0. The zero-order valence-corrected chi connectivity index (χ0v) is 24.5. The van der Waals surface area contributed by atoms with Crippen molar-refractivity contribution < 1.29 is 58.2 Å². The third-order valence-corrected chi connectivity index (χ3v) is 8.90. The largest absolute Gasteiger partial charge is 1.00 e. The molecule has 2 nitrogen and oxygen atoms in total. The van der Waals surface area contributed by atoms with Crippen LogP contribution in [-0.4, -0.2) is 49.1 Å². The molecule has 0 atom stereocenters. The molecule has 3 heteroatoms. The van der Waals surface area contributed by atoms with Crippen molar-refractivity contribution in [3.63, 3.8) is 0 Å². The summed E-state index contributed by atoms with van der Waals surface area (Å²) in [5, 5.41) is 0. The molecule has 156 valence electrons. The Balaban J connectivity index is 0.00000225. The van der Waals surface area contributed by atoms with Crippen LogP contribution in [0.1, 0.15) is 91.4 Å². The van der Waals surface area contributed by atoms with Crippen LogP contribution >= 0.6 is 0 Å². The first kappa shape index (κ1) is 24.4. The molecule has 2 aliphatic carbocycles. The summed E-state index contributed by atoms with van der Waals surface area (Å²) in [7, 11) is 0. The molecule has 28 heavy (non-hydrogen) atoms. The fraction of sp³-hybridized carbons (Fsp3) is 0.960. The molecule has 2 heterocycles. The standard InChI is InChI=1S/C25H45N2.Rb/c1-4-22-5-7-24(8-6-22)9-13-27(14-10-24)20-23-17-25(18-23)11-15-26(16-12-25)19-21(2)3;/h21-22H,4-20H2,1-3H3;/q-1;+1. The molecule has 4 fully saturated rings. The maximum absolute atomic E-state index is 2.81. The zero-order valence-electron chi connectivity index (χ0n) is 19.6. The number of likely N-dealkylation sites (tertiary alicyclic amines) is 2. The molecule has 0 aromatic rings. The van der Waals surface area contributed by atoms with Crippen LogP contribution in [-0.2, 0) is 0 Å². The Bertz CT molecular complexity index is 457. The second-order valence-electron chi connectivity index (χ2n) is 11.4. The van der Waals surface area contributed by atoms with Crippen molar-refractivity contribution in [2.45, 2.75) is 91.4 Å².